The van der Waals surface area contributed by atoms with Gasteiger partial charge in [0.25, 0.3) is 0 Å². The highest BCUT2D eigenvalue weighted by atomic mass is 19.4. The normalized spacial score (nSPS) is 16.7. The summed E-state index contributed by atoms with van der Waals surface area (Å²) in [5.41, 5.74) is -0.766. The largest absolute Gasteiger partial charge is 0.491 e. The fourth-order valence-corrected chi connectivity index (χ4v) is 3.26. The van der Waals surface area contributed by atoms with Crippen LogP contribution in [0.4, 0.5) is 13.2 Å². The number of halogens is 3. The third kappa shape index (κ3) is 8.39. The molecule has 30 heavy (non-hydrogen) atoms. The van der Waals surface area contributed by atoms with Crippen molar-refractivity contribution in [1.29, 1.82) is 0 Å². The van der Waals surface area contributed by atoms with Crippen molar-refractivity contribution in [2.45, 2.75) is 45.0 Å². The first-order valence-electron chi connectivity index (χ1n) is 10.4. The Morgan fingerprint density at radius 1 is 1.20 bits per heavy atom. The number of hydrogen-bond acceptors (Lipinski definition) is 4. The molecule has 1 aromatic carbocycles. The van der Waals surface area contributed by atoms with Gasteiger partial charge in [0.05, 0.1) is 24.8 Å². The van der Waals surface area contributed by atoms with Gasteiger partial charge in [0.2, 0.25) is 0 Å². The zero-order valence-electron chi connectivity index (χ0n) is 18.0. The van der Waals surface area contributed by atoms with E-state index in [1.54, 1.807) is 7.05 Å². The summed E-state index contributed by atoms with van der Waals surface area (Å²) in [6.45, 7) is 8.19. The minimum absolute atomic E-state index is 0.0993. The minimum atomic E-state index is -4.43. The fourth-order valence-electron chi connectivity index (χ4n) is 3.26. The van der Waals surface area contributed by atoms with Gasteiger partial charge in [-0.25, -0.2) is 0 Å². The van der Waals surface area contributed by atoms with Crippen LogP contribution >= 0.6 is 0 Å². The molecule has 6 nitrogen and oxygen atoms in total. The Balaban J connectivity index is 1.68. The van der Waals surface area contributed by atoms with Gasteiger partial charge >= 0.3 is 6.18 Å². The fraction of sp³-hybridized carbons (Fsp3) is 0.667. The van der Waals surface area contributed by atoms with Crippen LogP contribution in [0, 0.1) is 0 Å². The van der Waals surface area contributed by atoms with Crippen LogP contribution in [0.25, 0.3) is 0 Å². The number of likely N-dealkylation sites (tertiary alicyclic amines) is 1. The van der Waals surface area contributed by atoms with Gasteiger partial charge in [-0.2, -0.15) is 13.2 Å². The van der Waals surface area contributed by atoms with Crippen molar-refractivity contribution in [2.24, 2.45) is 4.99 Å². The molecule has 0 amide bonds. The molecule has 9 heteroatoms. The zero-order chi connectivity index (χ0) is 22.0. The maximum absolute atomic E-state index is 13.0. The number of aliphatic imine (C=N–C) groups is 1. The molecule has 0 radical (unpaired) electrons. The molecule has 1 aromatic rings. The van der Waals surface area contributed by atoms with E-state index in [0.717, 1.165) is 45.1 Å². The van der Waals surface area contributed by atoms with Crippen LogP contribution in [0.15, 0.2) is 29.3 Å². The third-order valence-corrected chi connectivity index (χ3v) is 4.86. The molecule has 0 aromatic heterocycles. The van der Waals surface area contributed by atoms with Crippen LogP contribution in [0.5, 0.6) is 5.75 Å². The van der Waals surface area contributed by atoms with Crippen molar-refractivity contribution in [1.82, 2.24) is 15.5 Å². The second-order valence-electron chi connectivity index (χ2n) is 7.52. The lowest BCUT2D eigenvalue weighted by Crippen LogP contribution is -2.49. The van der Waals surface area contributed by atoms with E-state index in [-0.39, 0.29) is 18.5 Å². The van der Waals surface area contributed by atoms with Gasteiger partial charge in [-0.05, 0) is 38.8 Å². The lowest BCUT2D eigenvalue weighted by molar-refractivity contribution is -0.138. The number of para-hydroxylation sites is 1. The molecule has 2 rings (SSSR count). The SMILES string of the molecule is CN=C(NCCOc1ccccc1C(F)(F)F)NC1CCN(CCOC(C)C)CC1. The number of nitrogens with one attached hydrogen (secondary N) is 2. The smallest absolute Gasteiger partial charge is 0.419 e. The maximum Gasteiger partial charge on any atom is 0.419 e. The first-order chi connectivity index (χ1) is 14.3. The highest BCUT2D eigenvalue weighted by Gasteiger charge is 2.33. The number of hydrogen-bond donors (Lipinski definition) is 2. The van der Waals surface area contributed by atoms with Crippen molar-refractivity contribution in [3.63, 3.8) is 0 Å². The molecule has 0 bridgehead atoms. The minimum Gasteiger partial charge on any atom is -0.491 e. The molecule has 1 aliphatic rings. The Bertz CT molecular complexity index is 660. The van der Waals surface area contributed by atoms with E-state index in [1.165, 1.54) is 18.2 Å². The molecule has 170 valence electrons. The van der Waals surface area contributed by atoms with Crippen LogP contribution in [0.1, 0.15) is 32.3 Å². The molecule has 0 aliphatic carbocycles. The number of nitrogens with zero attached hydrogens (tertiary/aromatic N) is 2. The van der Waals surface area contributed by atoms with Gasteiger partial charge in [-0.3, -0.25) is 4.99 Å². The molecule has 0 saturated carbocycles. The molecule has 1 fully saturated rings. The first kappa shape index (κ1) is 24.3. The summed E-state index contributed by atoms with van der Waals surface area (Å²) in [6.07, 6.45) is -2.18. The lowest BCUT2D eigenvalue weighted by atomic mass is 10.1. The highest BCUT2D eigenvalue weighted by molar-refractivity contribution is 5.79. The summed E-state index contributed by atoms with van der Waals surface area (Å²) in [5, 5.41) is 6.48. The van der Waals surface area contributed by atoms with Gasteiger partial charge in [0.15, 0.2) is 5.96 Å². The standard InChI is InChI=1S/C21H33F3N4O2/c1-16(2)29-15-13-28-11-8-17(9-12-28)27-20(25-3)26-10-14-30-19-7-5-4-6-18(19)21(22,23)24/h4-7,16-17H,8-15H2,1-3H3,(H2,25,26,27). The van der Waals surface area contributed by atoms with Crippen molar-refractivity contribution in [2.75, 3.05) is 46.4 Å². The van der Waals surface area contributed by atoms with Crippen molar-refractivity contribution >= 4 is 5.96 Å². The van der Waals surface area contributed by atoms with Crippen molar-refractivity contribution in [3.8, 4) is 5.75 Å². The lowest BCUT2D eigenvalue weighted by Gasteiger charge is -2.33. The quantitative estimate of drug-likeness (QED) is 0.358. The number of benzene rings is 1. The van der Waals surface area contributed by atoms with Gasteiger partial charge in [0, 0.05) is 32.7 Å². The van der Waals surface area contributed by atoms with Crippen LogP contribution in [0.3, 0.4) is 0 Å². The van der Waals surface area contributed by atoms with Crippen LogP contribution < -0.4 is 15.4 Å². The molecule has 0 spiro atoms. The highest BCUT2D eigenvalue weighted by Crippen LogP contribution is 2.35. The van der Waals surface area contributed by atoms with Gasteiger partial charge < -0.3 is 25.0 Å². The van der Waals surface area contributed by atoms with E-state index in [2.05, 4.69) is 20.5 Å². The molecular formula is C21H33F3N4O2. The predicted molar refractivity (Wildman–Crippen MR) is 112 cm³/mol. The Labute approximate surface area is 176 Å². The monoisotopic (exact) mass is 430 g/mol. The number of ether oxygens (including phenoxy) is 2. The molecule has 0 unspecified atom stereocenters. The van der Waals surface area contributed by atoms with E-state index in [0.29, 0.717) is 18.5 Å². The van der Waals surface area contributed by atoms with Crippen molar-refractivity contribution < 1.29 is 22.6 Å². The average Bonchev–Trinajstić information content (AvgIpc) is 2.70. The summed E-state index contributed by atoms with van der Waals surface area (Å²) in [7, 11) is 1.67. The van der Waals surface area contributed by atoms with E-state index < -0.39 is 11.7 Å². The van der Waals surface area contributed by atoms with E-state index in [9.17, 15) is 13.2 Å². The molecule has 1 heterocycles. The Hall–Kier alpha value is -2.00. The van der Waals surface area contributed by atoms with Crippen LogP contribution in [0.2, 0.25) is 0 Å². The van der Waals surface area contributed by atoms with Crippen LogP contribution in [-0.4, -0.2) is 69.4 Å². The summed E-state index contributed by atoms with van der Waals surface area (Å²) >= 11 is 0. The number of rotatable bonds is 9. The Morgan fingerprint density at radius 3 is 2.53 bits per heavy atom. The van der Waals surface area contributed by atoms with Gasteiger partial charge in [-0.15, -0.1) is 0 Å². The van der Waals surface area contributed by atoms with Gasteiger partial charge in [-0.1, -0.05) is 12.1 Å². The second-order valence-corrected chi connectivity index (χ2v) is 7.52. The number of alkyl halides is 3. The van der Waals surface area contributed by atoms with E-state index >= 15 is 0 Å². The van der Waals surface area contributed by atoms with Crippen LogP contribution in [-0.2, 0) is 10.9 Å². The molecule has 2 N–H and O–H groups in total. The number of piperidine rings is 1. The summed E-state index contributed by atoms with van der Waals surface area (Å²) in [5.74, 6) is 0.466. The van der Waals surface area contributed by atoms with E-state index in [1.807, 2.05) is 13.8 Å². The summed E-state index contributed by atoms with van der Waals surface area (Å²) in [4.78, 5) is 6.59. The maximum atomic E-state index is 13.0. The Kier molecular flexibility index (Phi) is 9.71. The number of guanidine groups is 1. The first-order valence-corrected chi connectivity index (χ1v) is 10.4. The summed E-state index contributed by atoms with van der Waals surface area (Å²) < 4.78 is 49.9. The Morgan fingerprint density at radius 2 is 1.90 bits per heavy atom. The van der Waals surface area contributed by atoms with Crippen molar-refractivity contribution in [3.05, 3.63) is 29.8 Å². The molecule has 1 saturated heterocycles. The predicted octanol–water partition coefficient (Wildman–Crippen LogP) is 3.14. The second kappa shape index (κ2) is 12.0. The average molecular weight is 431 g/mol. The van der Waals surface area contributed by atoms with E-state index in [4.69, 9.17) is 9.47 Å². The summed E-state index contributed by atoms with van der Waals surface area (Å²) in [6, 6.07) is 5.54. The third-order valence-electron chi connectivity index (χ3n) is 4.86. The molecular weight excluding hydrogens is 397 g/mol. The van der Waals surface area contributed by atoms with Gasteiger partial charge in [0.1, 0.15) is 12.4 Å². The zero-order valence-corrected chi connectivity index (χ0v) is 18.0. The topological polar surface area (TPSA) is 58.1 Å². The molecule has 1 aliphatic heterocycles. The molecule has 0 atom stereocenters.